The number of halogens is 1. The van der Waals surface area contributed by atoms with Crippen molar-refractivity contribution in [3.8, 4) is 0 Å². The van der Waals surface area contributed by atoms with Crippen LogP contribution in [0.1, 0.15) is 22.0 Å². The fraction of sp³-hybridized carbons (Fsp3) is 0.364. The largest absolute Gasteiger partial charge is 0.389 e. The number of hydrogen-bond acceptors (Lipinski definition) is 4. The van der Waals surface area contributed by atoms with E-state index in [9.17, 15) is 19.4 Å². The molecule has 0 amide bonds. The summed E-state index contributed by atoms with van der Waals surface area (Å²) in [7, 11) is 1.61. The standard InChI is InChI=1S/C11H14FNO3/c1-13-5-10(15)11(16)9-4-8(12)3-2-7(9)6-14/h2-4,6,10-11,13,15-16H,5H2,1H3. The first-order valence-corrected chi connectivity index (χ1v) is 4.85. The van der Waals surface area contributed by atoms with Gasteiger partial charge in [-0.15, -0.1) is 0 Å². The number of carbonyl (C=O) groups is 1. The van der Waals surface area contributed by atoms with Crippen LogP contribution in [0.2, 0.25) is 0 Å². The minimum absolute atomic E-state index is 0.0951. The molecule has 0 fully saturated rings. The third-order valence-corrected chi connectivity index (χ3v) is 2.27. The molecule has 16 heavy (non-hydrogen) atoms. The zero-order chi connectivity index (χ0) is 12.1. The molecule has 3 N–H and O–H groups in total. The Hall–Kier alpha value is -1.30. The number of nitrogens with one attached hydrogen (secondary N) is 1. The Labute approximate surface area is 92.7 Å². The first kappa shape index (κ1) is 12.8. The van der Waals surface area contributed by atoms with Crippen LogP contribution in [0.25, 0.3) is 0 Å². The molecule has 0 aliphatic heterocycles. The monoisotopic (exact) mass is 227 g/mol. The summed E-state index contributed by atoms with van der Waals surface area (Å²) in [5.74, 6) is -0.559. The number of rotatable bonds is 5. The summed E-state index contributed by atoms with van der Waals surface area (Å²) in [4.78, 5) is 10.7. The van der Waals surface area contributed by atoms with Crippen LogP contribution in [-0.4, -0.2) is 36.2 Å². The summed E-state index contributed by atoms with van der Waals surface area (Å²) in [5.41, 5.74) is 0.266. The third-order valence-electron chi connectivity index (χ3n) is 2.27. The number of hydrogen-bond donors (Lipinski definition) is 3. The second-order valence-electron chi connectivity index (χ2n) is 3.46. The van der Waals surface area contributed by atoms with Crippen molar-refractivity contribution in [2.75, 3.05) is 13.6 Å². The first-order chi connectivity index (χ1) is 7.60. The molecule has 0 aromatic heterocycles. The van der Waals surface area contributed by atoms with Crippen molar-refractivity contribution in [1.29, 1.82) is 0 Å². The van der Waals surface area contributed by atoms with E-state index in [4.69, 9.17) is 0 Å². The van der Waals surface area contributed by atoms with Crippen LogP contribution in [0.4, 0.5) is 4.39 Å². The van der Waals surface area contributed by atoms with Crippen molar-refractivity contribution in [2.45, 2.75) is 12.2 Å². The maximum absolute atomic E-state index is 13.0. The van der Waals surface area contributed by atoms with Crippen molar-refractivity contribution in [3.05, 3.63) is 35.1 Å². The Morgan fingerprint density at radius 2 is 2.19 bits per heavy atom. The van der Waals surface area contributed by atoms with E-state index in [-0.39, 0.29) is 17.7 Å². The second kappa shape index (κ2) is 5.69. The lowest BCUT2D eigenvalue weighted by atomic mass is 9.99. The number of likely N-dealkylation sites (N-methyl/N-ethyl adjacent to an activating group) is 1. The van der Waals surface area contributed by atoms with Crippen LogP contribution < -0.4 is 5.32 Å². The minimum Gasteiger partial charge on any atom is -0.389 e. The van der Waals surface area contributed by atoms with Gasteiger partial charge in [-0.2, -0.15) is 0 Å². The van der Waals surface area contributed by atoms with Gasteiger partial charge in [0.15, 0.2) is 0 Å². The predicted octanol–water partition coefficient (Wildman–Crippen LogP) is 0.252. The van der Waals surface area contributed by atoms with Crippen LogP contribution >= 0.6 is 0 Å². The smallest absolute Gasteiger partial charge is 0.150 e. The Bertz CT molecular complexity index is 370. The highest BCUT2D eigenvalue weighted by atomic mass is 19.1. The van der Waals surface area contributed by atoms with Gasteiger partial charge >= 0.3 is 0 Å². The van der Waals surface area contributed by atoms with Gasteiger partial charge in [0.1, 0.15) is 18.2 Å². The van der Waals surface area contributed by atoms with Crippen LogP contribution in [0.5, 0.6) is 0 Å². The lowest BCUT2D eigenvalue weighted by Gasteiger charge is -2.19. The highest BCUT2D eigenvalue weighted by Gasteiger charge is 2.20. The minimum atomic E-state index is -1.29. The van der Waals surface area contributed by atoms with Crippen LogP contribution in [0, 0.1) is 5.82 Å². The molecular formula is C11H14FNO3. The molecular weight excluding hydrogens is 213 g/mol. The number of aliphatic hydroxyl groups is 2. The van der Waals surface area contributed by atoms with E-state index in [1.807, 2.05) is 0 Å². The summed E-state index contributed by atoms with van der Waals surface area (Å²) in [5, 5.41) is 22.0. The Morgan fingerprint density at radius 3 is 2.75 bits per heavy atom. The fourth-order valence-electron chi connectivity index (χ4n) is 1.44. The first-order valence-electron chi connectivity index (χ1n) is 4.85. The van der Waals surface area contributed by atoms with Gasteiger partial charge in [-0.05, 0) is 30.8 Å². The molecule has 0 heterocycles. The normalized spacial score (nSPS) is 14.5. The van der Waals surface area contributed by atoms with Crippen molar-refractivity contribution < 1.29 is 19.4 Å². The highest BCUT2D eigenvalue weighted by molar-refractivity contribution is 5.77. The highest BCUT2D eigenvalue weighted by Crippen LogP contribution is 2.21. The summed E-state index contributed by atoms with van der Waals surface area (Å²) in [6.45, 7) is 0.149. The maximum atomic E-state index is 13.0. The van der Waals surface area contributed by atoms with E-state index < -0.39 is 18.0 Å². The van der Waals surface area contributed by atoms with E-state index in [0.717, 1.165) is 12.1 Å². The molecule has 1 aromatic rings. The van der Waals surface area contributed by atoms with Gasteiger partial charge in [-0.25, -0.2) is 4.39 Å². The molecule has 0 saturated carbocycles. The molecule has 2 unspecified atom stereocenters. The number of carbonyl (C=O) groups excluding carboxylic acids is 1. The Kier molecular flexibility index (Phi) is 4.54. The van der Waals surface area contributed by atoms with Crippen molar-refractivity contribution >= 4 is 6.29 Å². The van der Waals surface area contributed by atoms with Gasteiger partial charge in [0.05, 0.1) is 6.10 Å². The molecule has 0 bridgehead atoms. The van der Waals surface area contributed by atoms with Gasteiger partial charge in [0.2, 0.25) is 0 Å². The molecule has 5 heteroatoms. The number of aliphatic hydroxyl groups excluding tert-OH is 2. The zero-order valence-electron chi connectivity index (χ0n) is 8.85. The Morgan fingerprint density at radius 1 is 1.50 bits per heavy atom. The van der Waals surface area contributed by atoms with Gasteiger partial charge in [-0.1, -0.05) is 0 Å². The molecule has 0 spiro atoms. The average Bonchev–Trinajstić information content (AvgIpc) is 2.28. The molecule has 0 aliphatic carbocycles. The summed E-state index contributed by atoms with van der Waals surface area (Å²) < 4.78 is 13.0. The van der Waals surface area contributed by atoms with Crippen molar-refractivity contribution in [2.24, 2.45) is 0 Å². The van der Waals surface area contributed by atoms with E-state index >= 15 is 0 Å². The molecule has 88 valence electrons. The number of benzene rings is 1. The SMILES string of the molecule is CNCC(O)C(O)c1cc(F)ccc1C=O. The van der Waals surface area contributed by atoms with Crippen LogP contribution in [0.15, 0.2) is 18.2 Å². The summed E-state index contributed by atoms with van der Waals surface area (Å²) in [6, 6.07) is 3.45. The topological polar surface area (TPSA) is 69.6 Å². The van der Waals surface area contributed by atoms with Gasteiger partial charge in [0, 0.05) is 12.1 Å². The number of aldehydes is 1. The molecule has 4 nitrogen and oxygen atoms in total. The van der Waals surface area contributed by atoms with Crippen molar-refractivity contribution in [1.82, 2.24) is 5.32 Å². The Balaban J connectivity index is 3.00. The predicted molar refractivity (Wildman–Crippen MR) is 56.7 cm³/mol. The van der Waals surface area contributed by atoms with Gasteiger partial charge in [0.25, 0.3) is 0 Å². The molecule has 1 aromatic carbocycles. The fourth-order valence-corrected chi connectivity index (χ4v) is 1.44. The molecule has 0 radical (unpaired) electrons. The van der Waals surface area contributed by atoms with Crippen LogP contribution in [-0.2, 0) is 0 Å². The maximum Gasteiger partial charge on any atom is 0.150 e. The summed E-state index contributed by atoms with van der Waals surface area (Å²) >= 11 is 0. The zero-order valence-corrected chi connectivity index (χ0v) is 8.85. The van der Waals surface area contributed by atoms with E-state index in [0.29, 0.717) is 6.29 Å². The second-order valence-corrected chi connectivity index (χ2v) is 3.46. The lowest BCUT2D eigenvalue weighted by Crippen LogP contribution is -2.30. The average molecular weight is 227 g/mol. The van der Waals surface area contributed by atoms with Gasteiger partial charge < -0.3 is 15.5 Å². The van der Waals surface area contributed by atoms with E-state index in [1.165, 1.54) is 6.07 Å². The molecule has 2 atom stereocenters. The van der Waals surface area contributed by atoms with E-state index in [1.54, 1.807) is 7.05 Å². The van der Waals surface area contributed by atoms with Crippen LogP contribution in [0.3, 0.4) is 0 Å². The lowest BCUT2D eigenvalue weighted by molar-refractivity contribution is 0.0197. The summed E-state index contributed by atoms with van der Waals surface area (Å²) in [6.07, 6.45) is -1.86. The third kappa shape index (κ3) is 2.85. The molecule has 1 rings (SSSR count). The van der Waals surface area contributed by atoms with E-state index in [2.05, 4.69) is 5.32 Å². The van der Waals surface area contributed by atoms with Gasteiger partial charge in [-0.3, -0.25) is 4.79 Å². The van der Waals surface area contributed by atoms with Crippen molar-refractivity contribution in [3.63, 3.8) is 0 Å². The molecule has 0 saturated heterocycles. The quantitative estimate of drug-likeness (QED) is 0.631. The molecule has 0 aliphatic rings.